The Balaban J connectivity index is 0.00000392. The number of carbonyl (C=O) groups is 1. The molecule has 9 heteroatoms. The van der Waals surface area contributed by atoms with Crippen LogP contribution in [-0.4, -0.2) is 34.0 Å². The van der Waals surface area contributed by atoms with Gasteiger partial charge in [0.15, 0.2) is 6.61 Å². The molecule has 0 saturated carbocycles. The van der Waals surface area contributed by atoms with E-state index in [-0.39, 0.29) is 42.9 Å². The number of nitrogens with two attached hydrogens (primary N) is 1. The zero-order valence-corrected chi connectivity index (χ0v) is 17.5. The van der Waals surface area contributed by atoms with E-state index >= 15 is 0 Å². The number of nitrogens with one attached hydrogen (secondary N) is 2. The summed E-state index contributed by atoms with van der Waals surface area (Å²) in [7, 11) is -3.66. The number of benzene rings is 2. The maximum absolute atomic E-state index is 12.1. The van der Waals surface area contributed by atoms with Crippen LogP contribution in [0.2, 0.25) is 0 Å². The van der Waals surface area contributed by atoms with E-state index in [4.69, 9.17) is 10.5 Å². The molecule has 0 aromatic heterocycles. The molecule has 2 rings (SSSR count). The second-order valence-electron chi connectivity index (χ2n) is 6.27. The first-order valence-electron chi connectivity index (χ1n) is 8.64. The Kier molecular flexibility index (Phi) is 9.40. The molecule has 0 saturated heterocycles. The van der Waals surface area contributed by atoms with Crippen LogP contribution < -0.4 is 20.5 Å². The topological polar surface area (TPSA) is 111 Å². The number of anilines is 1. The second-order valence-corrected chi connectivity index (χ2v) is 8.04. The fourth-order valence-electron chi connectivity index (χ4n) is 2.31. The lowest BCUT2D eigenvalue weighted by molar-refractivity contribution is -0.118. The summed E-state index contributed by atoms with van der Waals surface area (Å²) >= 11 is 0. The van der Waals surface area contributed by atoms with Crippen molar-refractivity contribution in [3.8, 4) is 5.75 Å². The summed E-state index contributed by atoms with van der Waals surface area (Å²) in [4.78, 5) is 12.1. The van der Waals surface area contributed by atoms with E-state index in [1.165, 1.54) is 17.7 Å². The summed E-state index contributed by atoms with van der Waals surface area (Å²) in [5, 5.41) is 2.63. The van der Waals surface area contributed by atoms with Gasteiger partial charge in [0.25, 0.3) is 5.91 Å². The highest BCUT2D eigenvalue weighted by Crippen LogP contribution is 2.19. The number of hydrogen-bond acceptors (Lipinski definition) is 5. The first-order valence-corrected chi connectivity index (χ1v) is 10.1. The number of sulfonamides is 1. The zero-order chi connectivity index (χ0) is 19.9. The Morgan fingerprint density at radius 1 is 1.14 bits per heavy atom. The number of ether oxygens (including phenoxy) is 1. The molecular weight excluding hydrogens is 402 g/mol. The predicted molar refractivity (Wildman–Crippen MR) is 113 cm³/mol. The molecule has 154 valence electrons. The SMILES string of the molecule is CC(C)c1ccc(OCC(=O)Nc2cccc(S(=O)(=O)NCCN)c2)cc1.Cl. The van der Waals surface area contributed by atoms with Crippen LogP contribution in [-0.2, 0) is 14.8 Å². The molecule has 0 aliphatic rings. The van der Waals surface area contributed by atoms with Crippen molar-refractivity contribution in [2.45, 2.75) is 24.7 Å². The van der Waals surface area contributed by atoms with Gasteiger partial charge in [-0.1, -0.05) is 32.0 Å². The summed E-state index contributed by atoms with van der Waals surface area (Å²) in [6, 6.07) is 13.5. The molecule has 0 fully saturated rings. The number of carbonyl (C=O) groups excluding carboxylic acids is 1. The van der Waals surface area contributed by atoms with Crippen LogP contribution in [0.15, 0.2) is 53.4 Å². The van der Waals surface area contributed by atoms with E-state index < -0.39 is 10.0 Å². The highest BCUT2D eigenvalue weighted by molar-refractivity contribution is 7.89. The molecule has 4 N–H and O–H groups in total. The minimum absolute atomic E-state index is 0. The number of halogens is 1. The van der Waals surface area contributed by atoms with Crippen LogP contribution in [0.25, 0.3) is 0 Å². The summed E-state index contributed by atoms with van der Waals surface area (Å²) in [5.41, 5.74) is 6.87. The maximum atomic E-state index is 12.1. The second kappa shape index (κ2) is 11.0. The van der Waals surface area contributed by atoms with Crippen LogP contribution in [0.5, 0.6) is 5.75 Å². The Morgan fingerprint density at radius 2 is 1.82 bits per heavy atom. The summed E-state index contributed by atoms with van der Waals surface area (Å²) in [5.74, 6) is 0.634. The first kappa shape index (κ1) is 23.9. The van der Waals surface area contributed by atoms with E-state index in [0.717, 1.165) is 0 Å². The zero-order valence-electron chi connectivity index (χ0n) is 15.8. The van der Waals surface area contributed by atoms with E-state index in [2.05, 4.69) is 23.9 Å². The minimum Gasteiger partial charge on any atom is -0.484 e. The van der Waals surface area contributed by atoms with Gasteiger partial charge in [-0.2, -0.15) is 0 Å². The van der Waals surface area contributed by atoms with Gasteiger partial charge < -0.3 is 15.8 Å². The monoisotopic (exact) mass is 427 g/mol. The highest BCUT2D eigenvalue weighted by Gasteiger charge is 2.14. The highest BCUT2D eigenvalue weighted by atomic mass is 35.5. The van der Waals surface area contributed by atoms with Crippen LogP contribution in [0.4, 0.5) is 5.69 Å². The molecule has 1 amide bonds. The fourth-order valence-corrected chi connectivity index (χ4v) is 3.41. The Hall–Kier alpha value is -2.13. The summed E-state index contributed by atoms with van der Waals surface area (Å²) < 4.78 is 32.1. The van der Waals surface area contributed by atoms with E-state index in [9.17, 15) is 13.2 Å². The fraction of sp³-hybridized carbons (Fsp3) is 0.316. The molecule has 0 heterocycles. The Morgan fingerprint density at radius 3 is 2.43 bits per heavy atom. The smallest absolute Gasteiger partial charge is 0.262 e. The number of rotatable bonds is 9. The molecule has 0 radical (unpaired) electrons. The quantitative estimate of drug-likeness (QED) is 0.569. The van der Waals surface area contributed by atoms with Crippen molar-refractivity contribution in [2.24, 2.45) is 5.73 Å². The molecule has 2 aromatic carbocycles. The van der Waals surface area contributed by atoms with Gasteiger partial charge in [0.05, 0.1) is 4.90 Å². The number of hydrogen-bond donors (Lipinski definition) is 3. The maximum Gasteiger partial charge on any atom is 0.262 e. The molecule has 2 aromatic rings. The van der Waals surface area contributed by atoms with Crippen molar-refractivity contribution >= 4 is 34.0 Å². The van der Waals surface area contributed by atoms with Crippen molar-refractivity contribution in [1.82, 2.24) is 4.72 Å². The lowest BCUT2D eigenvalue weighted by Gasteiger charge is -2.11. The van der Waals surface area contributed by atoms with Crippen LogP contribution >= 0.6 is 12.4 Å². The third kappa shape index (κ3) is 7.12. The third-order valence-electron chi connectivity index (χ3n) is 3.78. The minimum atomic E-state index is -3.66. The van der Waals surface area contributed by atoms with Crippen molar-refractivity contribution in [1.29, 1.82) is 0 Å². The van der Waals surface area contributed by atoms with Gasteiger partial charge in [-0.25, -0.2) is 13.1 Å². The molecule has 0 aliphatic heterocycles. The van der Waals surface area contributed by atoms with Gasteiger partial charge in [-0.15, -0.1) is 12.4 Å². The van der Waals surface area contributed by atoms with Crippen LogP contribution in [0.3, 0.4) is 0 Å². The van der Waals surface area contributed by atoms with Gasteiger partial charge in [-0.3, -0.25) is 4.79 Å². The molecule has 0 unspecified atom stereocenters. The van der Waals surface area contributed by atoms with Crippen LogP contribution in [0.1, 0.15) is 25.3 Å². The molecular formula is C19H26ClN3O4S. The lowest BCUT2D eigenvalue weighted by atomic mass is 10.0. The molecule has 0 spiro atoms. The van der Waals surface area contributed by atoms with Gasteiger partial charge >= 0.3 is 0 Å². The van der Waals surface area contributed by atoms with Gasteiger partial charge in [-0.05, 0) is 41.8 Å². The van der Waals surface area contributed by atoms with E-state index in [1.807, 2.05) is 24.3 Å². The average molecular weight is 428 g/mol. The van der Waals surface area contributed by atoms with Crippen molar-refractivity contribution in [3.05, 3.63) is 54.1 Å². The van der Waals surface area contributed by atoms with Crippen molar-refractivity contribution in [3.63, 3.8) is 0 Å². The third-order valence-corrected chi connectivity index (χ3v) is 5.24. The largest absolute Gasteiger partial charge is 0.484 e. The van der Waals surface area contributed by atoms with Crippen LogP contribution in [0, 0.1) is 0 Å². The molecule has 0 bridgehead atoms. The molecule has 0 aliphatic carbocycles. The normalized spacial score (nSPS) is 11.0. The Labute approximate surface area is 172 Å². The molecule has 0 atom stereocenters. The Bertz CT molecular complexity index is 871. The lowest BCUT2D eigenvalue weighted by Crippen LogP contribution is -2.29. The first-order chi connectivity index (χ1) is 12.8. The average Bonchev–Trinajstić information content (AvgIpc) is 2.65. The molecule has 28 heavy (non-hydrogen) atoms. The van der Waals surface area contributed by atoms with E-state index in [1.54, 1.807) is 12.1 Å². The van der Waals surface area contributed by atoms with Crippen molar-refractivity contribution in [2.75, 3.05) is 25.0 Å². The summed E-state index contributed by atoms with van der Waals surface area (Å²) in [6.07, 6.45) is 0. The van der Waals surface area contributed by atoms with Gasteiger partial charge in [0, 0.05) is 18.8 Å². The van der Waals surface area contributed by atoms with E-state index in [0.29, 0.717) is 17.4 Å². The summed E-state index contributed by atoms with van der Waals surface area (Å²) in [6.45, 7) is 4.36. The standard InChI is InChI=1S/C19H25N3O4S.ClH/c1-14(2)15-6-8-17(9-7-15)26-13-19(23)22-16-4-3-5-18(12-16)27(24,25)21-11-10-20;/h3-9,12,14,21H,10-11,13,20H2,1-2H3,(H,22,23);1H. The predicted octanol–water partition coefficient (Wildman–Crippen LogP) is 2.49. The van der Waals surface area contributed by atoms with Gasteiger partial charge in [0.1, 0.15) is 5.75 Å². The van der Waals surface area contributed by atoms with Gasteiger partial charge in [0.2, 0.25) is 10.0 Å². The molecule has 7 nitrogen and oxygen atoms in total. The van der Waals surface area contributed by atoms with Crippen molar-refractivity contribution < 1.29 is 17.9 Å². The number of amides is 1.